The SMILES string of the molecule is C#C/C(=C/CCCCCCCCCCCCCC)OC(C)=O. The molecule has 0 amide bonds. The van der Waals surface area contributed by atoms with Gasteiger partial charge < -0.3 is 4.74 Å². The van der Waals surface area contributed by atoms with E-state index >= 15 is 0 Å². The van der Waals surface area contributed by atoms with Crippen LogP contribution in [-0.4, -0.2) is 5.97 Å². The van der Waals surface area contributed by atoms with Crippen molar-refractivity contribution in [1.29, 1.82) is 0 Å². The van der Waals surface area contributed by atoms with Gasteiger partial charge in [0.2, 0.25) is 0 Å². The average molecular weight is 306 g/mol. The lowest BCUT2D eigenvalue weighted by molar-refractivity contribution is -0.136. The summed E-state index contributed by atoms with van der Waals surface area (Å²) in [6.07, 6.45) is 24.1. The predicted octanol–water partition coefficient (Wildman–Crippen LogP) is 6.16. The Bertz CT molecular complexity index is 336. The third-order valence-electron chi connectivity index (χ3n) is 3.78. The maximum Gasteiger partial charge on any atom is 0.308 e. The van der Waals surface area contributed by atoms with Gasteiger partial charge in [0.1, 0.15) is 0 Å². The van der Waals surface area contributed by atoms with Gasteiger partial charge in [-0.05, 0) is 24.8 Å². The molecule has 0 aliphatic carbocycles. The summed E-state index contributed by atoms with van der Waals surface area (Å²) in [5.41, 5.74) is 0. The van der Waals surface area contributed by atoms with E-state index in [1.807, 2.05) is 6.08 Å². The first-order chi connectivity index (χ1) is 10.7. The first-order valence-corrected chi connectivity index (χ1v) is 9.06. The maximum absolute atomic E-state index is 10.8. The molecule has 0 N–H and O–H groups in total. The Morgan fingerprint density at radius 3 is 1.77 bits per heavy atom. The number of terminal acetylenes is 1. The van der Waals surface area contributed by atoms with Crippen LogP contribution in [-0.2, 0) is 9.53 Å². The molecule has 0 unspecified atom stereocenters. The molecule has 0 heterocycles. The minimum absolute atomic E-state index is 0.348. The number of carbonyl (C=O) groups is 1. The second kappa shape index (κ2) is 16.1. The molecular weight excluding hydrogens is 272 g/mol. The molecule has 2 heteroatoms. The minimum Gasteiger partial charge on any atom is -0.418 e. The van der Waals surface area contributed by atoms with Crippen LogP contribution in [0.1, 0.15) is 97.3 Å². The summed E-state index contributed by atoms with van der Waals surface area (Å²) in [7, 11) is 0. The second-order valence-electron chi connectivity index (χ2n) is 5.98. The van der Waals surface area contributed by atoms with Gasteiger partial charge in [0.15, 0.2) is 5.76 Å². The van der Waals surface area contributed by atoms with Crippen LogP contribution in [0, 0.1) is 12.3 Å². The molecule has 126 valence electrons. The Morgan fingerprint density at radius 1 is 0.909 bits per heavy atom. The van der Waals surface area contributed by atoms with E-state index in [9.17, 15) is 4.79 Å². The molecule has 0 saturated heterocycles. The molecule has 2 nitrogen and oxygen atoms in total. The van der Waals surface area contributed by atoms with Gasteiger partial charge in [-0.3, -0.25) is 4.79 Å². The van der Waals surface area contributed by atoms with E-state index in [1.165, 1.54) is 77.6 Å². The van der Waals surface area contributed by atoms with Crippen molar-refractivity contribution in [3.8, 4) is 12.3 Å². The van der Waals surface area contributed by atoms with E-state index in [2.05, 4.69) is 12.8 Å². The minimum atomic E-state index is -0.348. The number of ether oxygens (including phenoxy) is 1. The van der Waals surface area contributed by atoms with Gasteiger partial charge in [-0.25, -0.2) is 0 Å². The van der Waals surface area contributed by atoms with E-state index in [1.54, 1.807) is 0 Å². The third kappa shape index (κ3) is 15.2. The first kappa shape index (κ1) is 20.8. The van der Waals surface area contributed by atoms with Crippen molar-refractivity contribution in [2.24, 2.45) is 0 Å². The number of carbonyl (C=O) groups excluding carboxylic acids is 1. The van der Waals surface area contributed by atoms with Crippen LogP contribution in [0.4, 0.5) is 0 Å². The lowest BCUT2D eigenvalue weighted by Crippen LogP contribution is -1.96. The molecule has 0 radical (unpaired) electrons. The number of hydrogen-bond acceptors (Lipinski definition) is 2. The van der Waals surface area contributed by atoms with E-state index in [0.29, 0.717) is 5.76 Å². The van der Waals surface area contributed by atoms with Gasteiger partial charge in [0, 0.05) is 6.92 Å². The molecule has 0 atom stereocenters. The van der Waals surface area contributed by atoms with Crippen molar-refractivity contribution >= 4 is 5.97 Å². The summed E-state index contributed by atoms with van der Waals surface area (Å²) in [6.45, 7) is 3.63. The Morgan fingerprint density at radius 2 is 1.36 bits per heavy atom. The fraction of sp³-hybridized carbons (Fsp3) is 0.750. The van der Waals surface area contributed by atoms with Crippen LogP contribution < -0.4 is 0 Å². The fourth-order valence-electron chi connectivity index (χ4n) is 2.50. The average Bonchev–Trinajstić information content (AvgIpc) is 2.50. The molecule has 0 aromatic heterocycles. The summed E-state index contributed by atoms with van der Waals surface area (Å²) in [6, 6.07) is 0. The van der Waals surface area contributed by atoms with Crippen molar-refractivity contribution in [2.75, 3.05) is 0 Å². The quantitative estimate of drug-likeness (QED) is 0.166. The highest BCUT2D eigenvalue weighted by molar-refractivity contribution is 5.68. The first-order valence-electron chi connectivity index (χ1n) is 9.06. The molecule has 0 saturated carbocycles. The van der Waals surface area contributed by atoms with Gasteiger partial charge >= 0.3 is 5.97 Å². The molecule has 0 aromatic carbocycles. The van der Waals surface area contributed by atoms with Gasteiger partial charge in [0.05, 0.1) is 0 Å². The molecule has 0 fully saturated rings. The molecule has 0 aromatic rings. The van der Waals surface area contributed by atoms with Gasteiger partial charge in [-0.1, -0.05) is 77.6 Å². The highest BCUT2D eigenvalue weighted by Gasteiger charge is 1.97. The van der Waals surface area contributed by atoms with Crippen LogP contribution in [0.25, 0.3) is 0 Å². The number of hydrogen-bond donors (Lipinski definition) is 0. The van der Waals surface area contributed by atoms with Crippen LogP contribution in [0.2, 0.25) is 0 Å². The number of esters is 1. The summed E-state index contributed by atoms with van der Waals surface area (Å²) < 4.78 is 4.89. The van der Waals surface area contributed by atoms with Crippen LogP contribution in [0.3, 0.4) is 0 Å². The molecule has 22 heavy (non-hydrogen) atoms. The molecule has 0 aliphatic heterocycles. The van der Waals surface area contributed by atoms with Crippen molar-refractivity contribution in [3.05, 3.63) is 11.8 Å². The standard InChI is InChI=1S/C20H34O2/c1-4-6-7-8-9-10-11-12-13-14-15-16-17-18-20(5-2)22-19(3)21/h2,18H,4,6-17H2,1,3H3/b20-18-. The van der Waals surface area contributed by atoms with E-state index in [-0.39, 0.29) is 5.97 Å². The zero-order chi connectivity index (χ0) is 16.5. The van der Waals surface area contributed by atoms with Gasteiger partial charge in [-0.2, -0.15) is 0 Å². The van der Waals surface area contributed by atoms with Gasteiger partial charge in [0.25, 0.3) is 0 Å². The lowest BCUT2D eigenvalue weighted by atomic mass is 10.0. The van der Waals surface area contributed by atoms with Crippen molar-refractivity contribution in [2.45, 2.75) is 97.3 Å². The summed E-state index contributed by atoms with van der Waals surface area (Å²) in [4.78, 5) is 10.8. The van der Waals surface area contributed by atoms with Crippen LogP contribution in [0.5, 0.6) is 0 Å². The van der Waals surface area contributed by atoms with Crippen LogP contribution >= 0.6 is 0 Å². The number of allylic oxidation sites excluding steroid dienone is 2. The monoisotopic (exact) mass is 306 g/mol. The molecule has 0 bridgehead atoms. The molecule has 0 aliphatic rings. The zero-order valence-corrected chi connectivity index (χ0v) is 14.7. The Kier molecular flexibility index (Phi) is 15.2. The molecular formula is C20H34O2. The normalized spacial score (nSPS) is 11.2. The highest BCUT2D eigenvalue weighted by atomic mass is 16.5. The second-order valence-corrected chi connectivity index (χ2v) is 5.98. The smallest absolute Gasteiger partial charge is 0.308 e. The number of rotatable bonds is 14. The lowest BCUT2D eigenvalue weighted by Gasteiger charge is -2.02. The Hall–Kier alpha value is -1.23. The maximum atomic E-state index is 10.8. The third-order valence-corrected chi connectivity index (χ3v) is 3.78. The largest absolute Gasteiger partial charge is 0.418 e. The van der Waals surface area contributed by atoms with Crippen molar-refractivity contribution < 1.29 is 9.53 Å². The van der Waals surface area contributed by atoms with E-state index in [4.69, 9.17) is 11.2 Å². The van der Waals surface area contributed by atoms with E-state index in [0.717, 1.165) is 12.8 Å². The Balaban J connectivity index is 3.31. The predicted molar refractivity (Wildman–Crippen MR) is 94.4 cm³/mol. The van der Waals surface area contributed by atoms with Crippen LogP contribution in [0.15, 0.2) is 11.8 Å². The van der Waals surface area contributed by atoms with Crippen molar-refractivity contribution in [1.82, 2.24) is 0 Å². The fourth-order valence-corrected chi connectivity index (χ4v) is 2.50. The summed E-state index contributed by atoms with van der Waals surface area (Å²) >= 11 is 0. The number of unbranched alkanes of at least 4 members (excludes halogenated alkanes) is 12. The van der Waals surface area contributed by atoms with Crippen molar-refractivity contribution in [3.63, 3.8) is 0 Å². The summed E-state index contributed by atoms with van der Waals surface area (Å²) in [5, 5.41) is 0. The summed E-state index contributed by atoms with van der Waals surface area (Å²) in [5.74, 6) is 2.40. The Labute approximate surface area is 137 Å². The molecule has 0 rings (SSSR count). The molecule has 0 spiro atoms. The van der Waals surface area contributed by atoms with E-state index < -0.39 is 0 Å². The van der Waals surface area contributed by atoms with Gasteiger partial charge in [-0.15, -0.1) is 6.42 Å². The highest BCUT2D eigenvalue weighted by Crippen LogP contribution is 2.13. The zero-order valence-electron chi connectivity index (χ0n) is 14.7. The topological polar surface area (TPSA) is 26.3 Å².